The van der Waals surface area contributed by atoms with E-state index in [1.54, 1.807) is 25.6 Å². The number of alkyl halides is 3. The molecule has 0 aliphatic rings. The minimum absolute atomic E-state index is 0.0976. The van der Waals surface area contributed by atoms with Crippen molar-refractivity contribution in [3.05, 3.63) is 71.3 Å². The number of carbonyl (C=O) groups excluding carboxylic acids is 3. The number of hydrogen-bond acceptors (Lipinski definition) is 7. The van der Waals surface area contributed by atoms with Crippen LogP contribution in [0.15, 0.2) is 65.1 Å². The van der Waals surface area contributed by atoms with Gasteiger partial charge in [-0.3, -0.25) is 14.4 Å². The van der Waals surface area contributed by atoms with Gasteiger partial charge in [0, 0.05) is 23.7 Å². The summed E-state index contributed by atoms with van der Waals surface area (Å²) in [5.41, 5.74) is 2.80. The number of anilines is 1. The molecule has 0 spiro atoms. The van der Waals surface area contributed by atoms with Gasteiger partial charge >= 0.3 is 6.18 Å². The SMILES string of the molecule is CN[C@H](C(=O)N[C@H](C(=O)N(C)[C@H](/C=C(\C)C(=O)NS(=O)(=O)c1ccc(N)c(C(F)(F)F)c1)C(C)C)C(C)(C)C)C(C)(C)c1ccccc1. The number of amides is 3. The van der Waals surface area contributed by atoms with Gasteiger partial charge in [0.25, 0.3) is 15.9 Å². The Kier molecular flexibility index (Phi) is 12.7. The van der Waals surface area contributed by atoms with Crippen LogP contribution < -0.4 is 21.1 Å². The smallest absolute Gasteiger partial charge is 0.398 e. The summed E-state index contributed by atoms with van der Waals surface area (Å²) in [5.74, 6) is -2.20. The van der Waals surface area contributed by atoms with Crippen molar-refractivity contribution in [3.63, 3.8) is 0 Å². The van der Waals surface area contributed by atoms with E-state index in [4.69, 9.17) is 5.73 Å². The van der Waals surface area contributed by atoms with Gasteiger partial charge in [-0.15, -0.1) is 0 Å². The lowest BCUT2D eigenvalue weighted by molar-refractivity contribution is -0.141. The number of carbonyl (C=O) groups is 3. The zero-order chi connectivity index (χ0) is 37.0. The van der Waals surface area contributed by atoms with E-state index in [0.717, 1.165) is 17.7 Å². The van der Waals surface area contributed by atoms with E-state index in [1.807, 2.05) is 65.0 Å². The maximum atomic E-state index is 14.1. The molecule has 14 heteroatoms. The summed E-state index contributed by atoms with van der Waals surface area (Å²) in [7, 11) is -1.52. The monoisotopic (exact) mass is 695 g/mol. The third-order valence-corrected chi connectivity index (χ3v) is 9.64. The Morgan fingerprint density at radius 3 is 1.98 bits per heavy atom. The molecule has 0 radical (unpaired) electrons. The number of sulfonamides is 1. The van der Waals surface area contributed by atoms with Crippen LogP contribution >= 0.6 is 0 Å². The maximum Gasteiger partial charge on any atom is 0.418 e. The number of likely N-dealkylation sites (N-methyl/N-ethyl adjacent to an activating group) is 2. The molecule has 0 saturated carbocycles. The highest BCUT2D eigenvalue weighted by atomic mass is 32.2. The Morgan fingerprint density at radius 2 is 1.50 bits per heavy atom. The third-order valence-electron chi connectivity index (χ3n) is 8.31. The van der Waals surface area contributed by atoms with Crippen LogP contribution in [0.2, 0.25) is 0 Å². The number of nitrogens with one attached hydrogen (secondary N) is 3. The first-order valence-electron chi connectivity index (χ1n) is 15.4. The van der Waals surface area contributed by atoms with E-state index < -0.39 is 73.1 Å². The molecular formula is C34H48F3N5O5S. The van der Waals surface area contributed by atoms with Crippen LogP contribution in [0.1, 0.15) is 66.5 Å². The van der Waals surface area contributed by atoms with Gasteiger partial charge in [-0.05, 0) is 49.1 Å². The van der Waals surface area contributed by atoms with E-state index in [1.165, 1.54) is 24.9 Å². The molecule has 48 heavy (non-hydrogen) atoms. The second-order valence-electron chi connectivity index (χ2n) is 13.8. The van der Waals surface area contributed by atoms with Gasteiger partial charge in [-0.25, -0.2) is 13.1 Å². The Labute approximate surface area is 281 Å². The number of benzene rings is 2. The summed E-state index contributed by atoms with van der Waals surface area (Å²) < 4.78 is 67.5. The summed E-state index contributed by atoms with van der Waals surface area (Å²) >= 11 is 0. The Hall–Kier alpha value is -3.91. The Balaban J connectivity index is 2.36. The summed E-state index contributed by atoms with van der Waals surface area (Å²) in [6, 6.07) is 9.10. The fraction of sp³-hybridized carbons (Fsp3) is 0.500. The first-order chi connectivity index (χ1) is 21.9. The van der Waals surface area contributed by atoms with Crippen LogP contribution in [0.25, 0.3) is 0 Å². The summed E-state index contributed by atoms with van der Waals surface area (Å²) in [4.78, 5) is 41.4. The predicted octanol–water partition coefficient (Wildman–Crippen LogP) is 4.62. The number of rotatable bonds is 12. The molecule has 2 aromatic rings. The molecule has 2 rings (SSSR count). The number of halogens is 3. The van der Waals surface area contributed by atoms with Crippen molar-refractivity contribution < 1.29 is 36.0 Å². The highest BCUT2D eigenvalue weighted by Crippen LogP contribution is 2.35. The minimum atomic E-state index is -4.91. The van der Waals surface area contributed by atoms with Gasteiger partial charge in [-0.2, -0.15) is 13.2 Å². The van der Waals surface area contributed by atoms with E-state index in [2.05, 4.69) is 10.6 Å². The molecule has 0 bridgehead atoms. The first kappa shape index (κ1) is 40.3. The molecule has 3 amide bonds. The Bertz CT molecular complexity index is 1620. The van der Waals surface area contributed by atoms with Crippen molar-refractivity contribution in [2.45, 2.75) is 90.0 Å². The maximum absolute atomic E-state index is 14.1. The average Bonchev–Trinajstić information content (AvgIpc) is 2.97. The van der Waals surface area contributed by atoms with E-state index in [0.29, 0.717) is 6.07 Å². The number of hydrogen-bond donors (Lipinski definition) is 4. The molecule has 0 unspecified atom stereocenters. The standard InChI is InChI=1S/C34H48F3N5O5S/c1-20(2)26(18-21(3)29(43)41-48(46,47)23-16-17-25(38)24(19-23)34(35,36)37)42(10)31(45)28(32(4,5)6)40-30(44)27(39-9)33(7,8)22-14-12-11-13-15-22/h11-20,26-28,39H,38H2,1-10H3,(H,40,44)(H,41,43)/b21-18+/t26-,27-,28-/m1/s1. The second-order valence-corrected chi connectivity index (χ2v) is 15.5. The van der Waals surface area contributed by atoms with Crippen LogP contribution in [0.4, 0.5) is 18.9 Å². The number of nitrogens with zero attached hydrogens (tertiary/aromatic N) is 1. The number of nitrogens with two attached hydrogens (primary N) is 1. The fourth-order valence-corrected chi connectivity index (χ4v) is 6.41. The molecule has 2 aromatic carbocycles. The minimum Gasteiger partial charge on any atom is -0.398 e. The topological polar surface area (TPSA) is 151 Å². The summed E-state index contributed by atoms with van der Waals surface area (Å²) in [5, 5.41) is 6.03. The molecule has 5 N–H and O–H groups in total. The van der Waals surface area contributed by atoms with Crippen molar-refractivity contribution in [2.24, 2.45) is 11.3 Å². The van der Waals surface area contributed by atoms with Gasteiger partial charge < -0.3 is 21.3 Å². The molecule has 3 atom stereocenters. The fourth-order valence-electron chi connectivity index (χ4n) is 5.37. The van der Waals surface area contributed by atoms with E-state index in [9.17, 15) is 36.0 Å². The normalized spacial score (nSPS) is 15.0. The molecule has 0 aliphatic heterocycles. The van der Waals surface area contributed by atoms with Crippen molar-refractivity contribution in [1.29, 1.82) is 0 Å². The van der Waals surface area contributed by atoms with Crippen molar-refractivity contribution in [3.8, 4) is 0 Å². The lowest BCUT2D eigenvalue weighted by Crippen LogP contribution is -2.61. The lowest BCUT2D eigenvalue weighted by Gasteiger charge is -2.40. The molecular weight excluding hydrogens is 647 g/mol. The number of nitrogen functional groups attached to an aromatic ring is 1. The van der Waals surface area contributed by atoms with Crippen LogP contribution in [0.3, 0.4) is 0 Å². The molecule has 0 saturated heterocycles. The predicted molar refractivity (Wildman–Crippen MR) is 180 cm³/mol. The summed E-state index contributed by atoms with van der Waals surface area (Å²) in [6.07, 6.45) is -3.50. The molecule has 0 heterocycles. The van der Waals surface area contributed by atoms with Crippen molar-refractivity contribution >= 4 is 33.4 Å². The van der Waals surface area contributed by atoms with E-state index >= 15 is 0 Å². The third kappa shape index (κ3) is 9.59. The molecule has 266 valence electrons. The van der Waals surface area contributed by atoms with Gasteiger partial charge in [-0.1, -0.05) is 84.9 Å². The van der Waals surface area contributed by atoms with Gasteiger partial charge in [0.15, 0.2) is 0 Å². The summed E-state index contributed by atoms with van der Waals surface area (Å²) in [6.45, 7) is 14.2. The van der Waals surface area contributed by atoms with Crippen LogP contribution in [-0.2, 0) is 36.0 Å². The van der Waals surface area contributed by atoms with Gasteiger partial charge in [0.05, 0.1) is 22.5 Å². The van der Waals surface area contributed by atoms with Crippen LogP contribution in [0, 0.1) is 11.3 Å². The molecule has 10 nitrogen and oxygen atoms in total. The average molecular weight is 696 g/mol. The highest BCUT2D eigenvalue weighted by molar-refractivity contribution is 7.90. The van der Waals surface area contributed by atoms with Gasteiger partial charge in [0.2, 0.25) is 11.8 Å². The van der Waals surface area contributed by atoms with Crippen molar-refractivity contribution in [1.82, 2.24) is 20.3 Å². The van der Waals surface area contributed by atoms with Crippen molar-refractivity contribution in [2.75, 3.05) is 19.8 Å². The Morgan fingerprint density at radius 1 is 0.938 bits per heavy atom. The first-order valence-corrected chi connectivity index (χ1v) is 16.9. The molecule has 0 aliphatic carbocycles. The highest BCUT2D eigenvalue weighted by Gasteiger charge is 2.42. The molecule has 0 aromatic heterocycles. The second kappa shape index (κ2) is 15.1. The lowest BCUT2D eigenvalue weighted by atomic mass is 9.76. The molecule has 0 fully saturated rings. The largest absolute Gasteiger partial charge is 0.418 e. The quantitative estimate of drug-likeness (QED) is 0.187. The van der Waals surface area contributed by atoms with E-state index in [-0.39, 0.29) is 17.4 Å². The zero-order valence-corrected chi connectivity index (χ0v) is 29.9. The van der Waals surface area contributed by atoms with Crippen LogP contribution in [-0.4, -0.2) is 63.3 Å². The zero-order valence-electron chi connectivity index (χ0n) is 29.1. The van der Waals surface area contributed by atoms with Crippen LogP contribution in [0.5, 0.6) is 0 Å². The van der Waals surface area contributed by atoms with Gasteiger partial charge in [0.1, 0.15) is 6.04 Å².